The van der Waals surface area contributed by atoms with E-state index in [1.54, 1.807) is 55.0 Å². The van der Waals surface area contributed by atoms with E-state index in [2.05, 4.69) is 5.10 Å². The van der Waals surface area contributed by atoms with Crippen LogP contribution < -0.4 is 10.6 Å². The number of ketones is 1. The highest BCUT2D eigenvalue weighted by Gasteiger charge is 2.39. The number of halogens is 5. The summed E-state index contributed by atoms with van der Waals surface area (Å²) in [5, 5.41) is 4.96. The number of benzene rings is 2. The minimum atomic E-state index is -4.68. The molecule has 2 N–H and O–H groups in total. The van der Waals surface area contributed by atoms with Gasteiger partial charge in [0.15, 0.2) is 0 Å². The maximum Gasteiger partial charge on any atom is 0.417 e. The second-order valence-corrected chi connectivity index (χ2v) is 9.80. The maximum atomic E-state index is 14.6. The smallest absolute Gasteiger partial charge is 0.394 e. The van der Waals surface area contributed by atoms with Crippen LogP contribution in [0.5, 0.6) is 0 Å². The molecule has 0 spiro atoms. The lowest BCUT2D eigenvalue weighted by molar-refractivity contribution is -0.137. The summed E-state index contributed by atoms with van der Waals surface area (Å²) in [4.78, 5) is 15.2. The number of aromatic nitrogens is 3. The first-order valence-corrected chi connectivity index (χ1v) is 12.1. The number of nitrogens with zero attached hydrogens (tertiary/aromatic N) is 4. The highest BCUT2D eigenvalue weighted by atomic mass is 19.4. The zero-order valence-corrected chi connectivity index (χ0v) is 21.1. The molecule has 0 bridgehead atoms. The number of anilines is 2. The zero-order valence-electron chi connectivity index (χ0n) is 21.1. The molecule has 0 fully saturated rings. The number of likely N-dealkylation sites (N-methyl/N-ethyl adjacent to an activating group) is 1. The van der Waals surface area contributed by atoms with Crippen LogP contribution in [0, 0.1) is 18.6 Å². The van der Waals surface area contributed by atoms with E-state index in [1.165, 1.54) is 4.40 Å². The van der Waals surface area contributed by atoms with Crippen molar-refractivity contribution in [2.75, 3.05) is 24.2 Å². The molecule has 5 aromatic rings. The minimum absolute atomic E-state index is 0.0381. The molecule has 6 nitrogen and oxygen atoms in total. The lowest BCUT2D eigenvalue weighted by Crippen LogP contribution is -2.24. The topological polar surface area (TPSA) is 68.6 Å². The molecule has 0 atom stereocenters. The Bertz CT molecular complexity index is 1830. The molecule has 0 saturated carbocycles. The van der Waals surface area contributed by atoms with Crippen LogP contribution in [0.4, 0.5) is 33.3 Å². The van der Waals surface area contributed by atoms with Crippen LogP contribution in [0.25, 0.3) is 27.5 Å². The Morgan fingerprint density at radius 1 is 1.08 bits per heavy atom. The number of nitrogen functional groups attached to an aromatic ring is 1. The lowest BCUT2D eigenvalue weighted by Gasteiger charge is -2.28. The average molecular weight is 540 g/mol. The fourth-order valence-corrected chi connectivity index (χ4v) is 5.47. The van der Waals surface area contributed by atoms with Crippen molar-refractivity contribution in [3.63, 3.8) is 0 Å². The summed E-state index contributed by atoms with van der Waals surface area (Å²) in [5.41, 5.74) is 6.34. The third-order valence-electron chi connectivity index (χ3n) is 7.52. The molecule has 11 heteroatoms. The molecule has 0 radical (unpaired) electrons. The molecule has 39 heavy (non-hydrogen) atoms. The van der Waals surface area contributed by atoms with Gasteiger partial charge in [0.25, 0.3) is 0 Å². The van der Waals surface area contributed by atoms with E-state index in [4.69, 9.17) is 5.73 Å². The molecule has 200 valence electrons. The van der Waals surface area contributed by atoms with Gasteiger partial charge in [-0.3, -0.25) is 9.48 Å². The summed E-state index contributed by atoms with van der Waals surface area (Å²) in [6, 6.07) is 7.54. The molecule has 3 aromatic heterocycles. The third-order valence-corrected chi connectivity index (χ3v) is 7.52. The number of carbonyl (C=O) groups is 1. The molecule has 0 unspecified atom stereocenters. The van der Waals surface area contributed by atoms with Gasteiger partial charge in [0.1, 0.15) is 22.8 Å². The number of hydrogen-bond acceptors (Lipinski definition) is 4. The first-order chi connectivity index (χ1) is 18.4. The Morgan fingerprint density at radius 2 is 1.77 bits per heavy atom. The van der Waals surface area contributed by atoms with Crippen molar-refractivity contribution in [3.05, 3.63) is 82.3 Å². The standard InChI is InChI=1S/C28H22F5N5O/c1-13-17-12-18(28(31,32)33)22-16-5-4-7-38-21(27(39)15-9-19(29)23(34)20(30)10-15)11-14(25(16)38)6-8-36(2)26(22)24(17)35-37(13)3/h4-5,7,9-12H,6,8,34H2,1-3H3. The van der Waals surface area contributed by atoms with Crippen LogP contribution >= 0.6 is 0 Å². The lowest BCUT2D eigenvalue weighted by atomic mass is 9.91. The number of hydrogen-bond donors (Lipinski definition) is 1. The van der Waals surface area contributed by atoms with Gasteiger partial charge in [-0.1, -0.05) is 6.07 Å². The average Bonchev–Trinajstić information content (AvgIpc) is 3.39. The summed E-state index contributed by atoms with van der Waals surface area (Å²) in [6.45, 7) is 2.06. The second-order valence-electron chi connectivity index (χ2n) is 9.80. The fraction of sp³-hybridized carbons (Fsp3) is 0.214. The zero-order chi connectivity index (χ0) is 28.0. The number of alkyl halides is 3. The monoisotopic (exact) mass is 539 g/mol. The van der Waals surface area contributed by atoms with E-state index < -0.39 is 34.8 Å². The number of fused-ring (bicyclic) bond motifs is 4. The van der Waals surface area contributed by atoms with E-state index in [0.29, 0.717) is 46.3 Å². The van der Waals surface area contributed by atoms with Crippen molar-refractivity contribution in [2.24, 2.45) is 7.05 Å². The van der Waals surface area contributed by atoms with E-state index in [0.717, 1.165) is 18.2 Å². The highest BCUT2D eigenvalue weighted by Crippen LogP contribution is 2.49. The van der Waals surface area contributed by atoms with Crippen molar-refractivity contribution in [3.8, 4) is 11.1 Å². The quantitative estimate of drug-likeness (QED) is 0.172. The van der Waals surface area contributed by atoms with Gasteiger partial charge in [-0.25, -0.2) is 8.78 Å². The summed E-state index contributed by atoms with van der Waals surface area (Å²) in [6.07, 6.45) is -2.73. The Hall–Kier alpha value is -4.41. The van der Waals surface area contributed by atoms with E-state index in [1.807, 2.05) is 0 Å². The highest BCUT2D eigenvalue weighted by molar-refractivity contribution is 6.11. The van der Waals surface area contributed by atoms with E-state index >= 15 is 0 Å². The molecule has 0 aliphatic carbocycles. The number of pyridine rings is 1. The van der Waals surface area contributed by atoms with E-state index in [9.17, 15) is 26.7 Å². The van der Waals surface area contributed by atoms with Crippen LogP contribution in [-0.2, 0) is 19.6 Å². The van der Waals surface area contributed by atoms with Gasteiger partial charge < -0.3 is 15.0 Å². The van der Waals surface area contributed by atoms with Gasteiger partial charge in [0.2, 0.25) is 5.78 Å². The maximum absolute atomic E-state index is 14.6. The Balaban J connectivity index is 1.69. The van der Waals surface area contributed by atoms with Gasteiger partial charge >= 0.3 is 6.18 Å². The number of rotatable bonds is 2. The molecule has 6 rings (SSSR count). The van der Waals surface area contributed by atoms with Crippen LogP contribution in [0.1, 0.15) is 32.9 Å². The van der Waals surface area contributed by atoms with Crippen LogP contribution in [-0.4, -0.2) is 33.6 Å². The van der Waals surface area contributed by atoms with Gasteiger partial charge in [0.05, 0.1) is 22.5 Å². The van der Waals surface area contributed by atoms with Crippen LogP contribution in [0.15, 0.2) is 42.6 Å². The van der Waals surface area contributed by atoms with Crippen molar-refractivity contribution < 1.29 is 26.7 Å². The van der Waals surface area contributed by atoms with Crippen LogP contribution in [0.2, 0.25) is 0 Å². The van der Waals surface area contributed by atoms with Crippen LogP contribution in [0.3, 0.4) is 0 Å². The summed E-state index contributed by atoms with van der Waals surface area (Å²) >= 11 is 0. The summed E-state index contributed by atoms with van der Waals surface area (Å²) < 4.78 is 75.3. The first kappa shape index (κ1) is 24.9. The second kappa shape index (κ2) is 8.29. The molecule has 4 heterocycles. The third kappa shape index (κ3) is 3.59. The molecule has 2 aromatic carbocycles. The van der Waals surface area contributed by atoms with Gasteiger partial charge in [-0.05, 0) is 49.2 Å². The Labute approximate surface area is 219 Å². The van der Waals surface area contributed by atoms with Gasteiger partial charge in [0, 0.05) is 54.6 Å². The molecular formula is C28H22F5N5O. The number of aryl methyl sites for hydroxylation is 2. The normalized spacial score (nSPS) is 13.6. The number of carbonyl (C=O) groups excluding carboxylic acids is 1. The van der Waals surface area contributed by atoms with Crippen molar-refractivity contribution >= 4 is 33.6 Å². The number of nitrogens with two attached hydrogens (primary N) is 1. The molecule has 0 amide bonds. The van der Waals surface area contributed by atoms with Crippen molar-refractivity contribution in [1.29, 1.82) is 0 Å². The molecule has 1 aliphatic rings. The predicted octanol–water partition coefficient (Wildman–Crippen LogP) is 5.90. The van der Waals surface area contributed by atoms with Gasteiger partial charge in [-0.2, -0.15) is 18.3 Å². The largest absolute Gasteiger partial charge is 0.417 e. The molecular weight excluding hydrogens is 517 g/mol. The first-order valence-electron chi connectivity index (χ1n) is 12.1. The van der Waals surface area contributed by atoms with Crippen molar-refractivity contribution in [2.45, 2.75) is 19.5 Å². The summed E-state index contributed by atoms with van der Waals surface area (Å²) in [5.74, 6) is -2.83. The van der Waals surface area contributed by atoms with Crippen molar-refractivity contribution in [1.82, 2.24) is 14.2 Å². The Kier molecular flexibility index (Phi) is 5.29. The molecule has 1 aliphatic heterocycles. The van der Waals surface area contributed by atoms with Gasteiger partial charge in [-0.15, -0.1) is 0 Å². The fourth-order valence-electron chi connectivity index (χ4n) is 5.47. The predicted molar refractivity (Wildman–Crippen MR) is 138 cm³/mol. The Morgan fingerprint density at radius 3 is 2.44 bits per heavy atom. The minimum Gasteiger partial charge on any atom is -0.394 e. The van der Waals surface area contributed by atoms with E-state index in [-0.39, 0.29) is 22.4 Å². The molecule has 0 saturated heterocycles. The summed E-state index contributed by atoms with van der Waals surface area (Å²) in [7, 11) is 3.40. The SMILES string of the molecule is Cc1c2cc(C(F)(F)F)c3c(c2nn1C)N(C)CCc1cc(C(=O)c2cc(F)c(N)c(F)c2)n2cccc-3c12.